The Morgan fingerprint density at radius 1 is 1.16 bits per heavy atom. The third-order valence-electron chi connectivity index (χ3n) is 5.33. The molecule has 10 heteroatoms. The lowest BCUT2D eigenvalue weighted by Crippen LogP contribution is -2.40. The fraction of sp³-hybridized carbons (Fsp3) is 0.333. The van der Waals surface area contributed by atoms with Gasteiger partial charge in [-0.2, -0.15) is 18.4 Å². The number of rotatable bonds is 3. The number of nitrogens with zero attached hydrogens (tertiary/aromatic N) is 5. The van der Waals surface area contributed by atoms with Crippen molar-refractivity contribution in [2.24, 2.45) is 7.05 Å². The third kappa shape index (κ3) is 3.91. The van der Waals surface area contributed by atoms with Gasteiger partial charge in [0, 0.05) is 38.4 Å². The maximum atomic E-state index is 12.7. The summed E-state index contributed by atoms with van der Waals surface area (Å²) in [6.45, 7) is 1.05. The summed E-state index contributed by atoms with van der Waals surface area (Å²) in [6.07, 6.45) is -1.67. The lowest BCUT2D eigenvalue weighted by Gasteiger charge is -2.34. The molecule has 4 rings (SSSR count). The summed E-state index contributed by atoms with van der Waals surface area (Å²) in [7, 11) is 1.64. The Hall–Kier alpha value is -3.61. The number of aryl methyl sites for hydroxylation is 1. The third-order valence-corrected chi connectivity index (χ3v) is 5.33. The Bertz CT molecular complexity index is 1210. The molecule has 0 aliphatic carbocycles. The molecular formula is C21H18F3N5O2. The Labute approximate surface area is 175 Å². The highest BCUT2D eigenvalue weighted by molar-refractivity contribution is 5.94. The molecule has 1 saturated heterocycles. The van der Waals surface area contributed by atoms with Gasteiger partial charge < -0.3 is 14.2 Å². The number of pyridine rings is 1. The second kappa shape index (κ2) is 7.91. The molecular weight excluding hydrogens is 411 g/mol. The van der Waals surface area contributed by atoms with Crippen molar-refractivity contribution in [3.05, 3.63) is 58.4 Å². The molecule has 0 radical (unpaired) electrons. The topological polar surface area (TPSA) is 84.0 Å². The highest BCUT2D eigenvalue weighted by Crippen LogP contribution is 2.31. The molecule has 1 aromatic carbocycles. The maximum Gasteiger partial charge on any atom is 0.451 e. The van der Waals surface area contributed by atoms with E-state index in [9.17, 15) is 23.2 Å². The summed E-state index contributed by atoms with van der Waals surface area (Å²) in [6, 6.07) is 9.46. The number of alkyl halides is 3. The number of para-hydroxylation sites is 1. The summed E-state index contributed by atoms with van der Waals surface area (Å²) in [5, 5.41) is 10.4. The number of anilines is 1. The van der Waals surface area contributed by atoms with Crippen LogP contribution in [0, 0.1) is 11.3 Å². The molecule has 0 saturated carbocycles. The lowest BCUT2D eigenvalue weighted by molar-refractivity contribution is -0.145. The van der Waals surface area contributed by atoms with Gasteiger partial charge in [-0.1, -0.05) is 18.2 Å². The number of ether oxygens (including phenoxy) is 1. The van der Waals surface area contributed by atoms with Gasteiger partial charge in [0.05, 0.1) is 23.6 Å². The van der Waals surface area contributed by atoms with Crippen molar-refractivity contribution in [1.82, 2.24) is 14.5 Å². The first kappa shape index (κ1) is 20.7. The summed E-state index contributed by atoms with van der Waals surface area (Å²) in [5.41, 5.74) is 1.09. The normalized spacial score (nSPS) is 15.1. The first-order valence-corrected chi connectivity index (χ1v) is 9.62. The van der Waals surface area contributed by atoms with E-state index in [0.717, 1.165) is 23.3 Å². The van der Waals surface area contributed by atoms with Crippen LogP contribution in [0.15, 0.2) is 41.5 Å². The Kier molecular flexibility index (Phi) is 5.27. The molecule has 0 atom stereocenters. The zero-order chi connectivity index (χ0) is 22.2. The van der Waals surface area contributed by atoms with Crippen molar-refractivity contribution in [1.29, 1.82) is 5.26 Å². The van der Waals surface area contributed by atoms with Crippen molar-refractivity contribution in [2.45, 2.75) is 25.1 Å². The molecule has 0 spiro atoms. The monoisotopic (exact) mass is 429 g/mol. The number of fused-ring (bicyclic) bond motifs is 1. The van der Waals surface area contributed by atoms with Crippen LogP contribution in [0.2, 0.25) is 0 Å². The van der Waals surface area contributed by atoms with Crippen LogP contribution >= 0.6 is 0 Å². The van der Waals surface area contributed by atoms with Gasteiger partial charge in [0.15, 0.2) is 5.75 Å². The van der Waals surface area contributed by atoms with Crippen LogP contribution in [0.4, 0.5) is 18.9 Å². The first-order valence-electron chi connectivity index (χ1n) is 9.62. The van der Waals surface area contributed by atoms with E-state index in [2.05, 4.69) is 9.97 Å². The average Bonchev–Trinajstić information content (AvgIpc) is 2.76. The minimum Gasteiger partial charge on any atom is -0.487 e. The van der Waals surface area contributed by atoms with E-state index < -0.39 is 12.0 Å². The van der Waals surface area contributed by atoms with Crippen molar-refractivity contribution in [3.63, 3.8) is 0 Å². The van der Waals surface area contributed by atoms with Crippen molar-refractivity contribution >= 4 is 16.6 Å². The highest BCUT2D eigenvalue weighted by atomic mass is 19.4. The van der Waals surface area contributed by atoms with Crippen molar-refractivity contribution in [3.8, 4) is 11.8 Å². The molecule has 0 bridgehead atoms. The van der Waals surface area contributed by atoms with Crippen molar-refractivity contribution < 1.29 is 17.9 Å². The fourth-order valence-electron chi connectivity index (χ4n) is 3.82. The van der Waals surface area contributed by atoms with Gasteiger partial charge in [0.2, 0.25) is 5.82 Å². The van der Waals surface area contributed by atoms with Gasteiger partial charge >= 0.3 is 6.18 Å². The summed E-state index contributed by atoms with van der Waals surface area (Å²) >= 11 is 0. The van der Waals surface area contributed by atoms with Gasteiger partial charge in [-0.3, -0.25) is 4.79 Å². The summed E-state index contributed by atoms with van der Waals surface area (Å²) in [4.78, 5) is 21.3. The fourth-order valence-corrected chi connectivity index (χ4v) is 3.82. The molecule has 0 unspecified atom stereocenters. The molecule has 2 aromatic heterocycles. The second-order valence-corrected chi connectivity index (χ2v) is 7.26. The maximum absolute atomic E-state index is 12.7. The number of hydrogen-bond acceptors (Lipinski definition) is 6. The van der Waals surface area contributed by atoms with Crippen LogP contribution in [-0.2, 0) is 13.2 Å². The zero-order valence-electron chi connectivity index (χ0n) is 16.6. The Balaban J connectivity index is 1.53. The number of nitriles is 1. The van der Waals surface area contributed by atoms with Crippen LogP contribution < -0.4 is 15.2 Å². The molecule has 160 valence electrons. The van der Waals surface area contributed by atoms with Gasteiger partial charge in [-0.25, -0.2) is 9.97 Å². The van der Waals surface area contributed by atoms with Gasteiger partial charge in [-0.15, -0.1) is 0 Å². The number of piperidine rings is 1. The lowest BCUT2D eigenvalue weighted by atomic mass is 10.0. The van der Waals surface area contributed by atoms with Gasteiger partial charge in [-0.05, 0) is 6.07 Å². The van der Waals surface area contributed by atoms with E-state index >= 15 is 0 Å². The summed E-state index contributed by atoms with van der Waals surface area (Å²) < 4.78 is 45.0. The number of halogens is 3. The first-order chi connectivity index (χ1) is 14.8. The highest BCUT2D eigenvalue weighted by Gasteiger charge is 2.34. The van der Waals surface area contributed by atoms with Crippen LogP contribution in [-0.4, -0.2) is 33.7 Å². The average molecular weight is 429 g/mol. The van der Waals surface area contributed by atoms with E-state index in [1.165, 1.54) is 4.57 Å². The molecule has 1 aliphatic heterocycles. The van der Waals surface area contributed by atoms with Crippen LogP contribution in [0.5, 0.6) is 5.75 Å². The van der Waals surface area contributed by atoms with Gasteiger partial charge in [0.1, 0.15) is 17.7 Å². The van der Waals surface area contributed by atoms with E-state index in [0.29, 0.717) is 31.6 Å². The molecule has 31 heavy (non-hydrogen) atoms. The number of aromatic nitrogens is 3. The Morgan fingerprint density at radius 3 is 2.42 bits per heavy atom. The quantitative estimate of drug-likeness (QED) is 0.636. The summed E-state index contributed by atoms with van der Waals surface area (Å²) in [5.74, 6) is -1.04. The van der Waals surface area contributed by atoms with Crippen LogP contribution in [0.3, 0.4) is 0 Å². The largest absolute Gasteiger partial charge is 0.487 e. The van der Waals surface area contributed by atoms with E-state index in [-0.39, 0.29) is 23.0 Å². The van der Waals surface area contributed by atoms with Crippen molar-refractivity contribution in [2.75, 3.05) is 18.0 Å². The van der Waals surface area contributed by atoms with Gasteiger partial charge in [0.25, 0.3) is 5.56 Å². The standard InChI is InChI=1S/C21H18F3N5O2/c1-28-17-5-3-2-4-15(17)18(16(10-25)19(28)30)29-8-6-13(7-9-29)31-14-11-26-20(27-12-14)21(22,23)24/h2-5,11-13H,6-9H2,1H3. The smallest absolute Gasteiger partial charge is 0.451 e. The Morgan fingerprint density at radius 2 is 1.81 bits per heavy atom. The predicted molar refractivity (Wildman–Crippen MR) is 107 cm³/mol. The minimum atomic E-state index is -4.60. The second-order valence-electron chi connectivity index (χ2n) is 7.26. The molecule has 0 amide bonds. The SMILES string of the molecule is Cn1c(=O)c(C#N)c(N2CCC(Oc3cnc(C(F)(F)F)nc3)CC2)c2ccccc21. The van der Waals surface area contributed by atoms with Crippen LogP contribution in [0.25, 0.3) is 10.9 Å². The van der Waals surface area contributed by atoms with E-state index in [1.807, 2.05) is 35.2 Å². The van der Waals surface area contributed by atoms with E-state index in [1.54, 1.807) is 7.05 Å². The molecule has 1 fully saturated rings. The predicted octanol–water partition coefficient (Wildman–Crippen LogP) is 3.27. The number of hydrogen-bond donors (Lipinski definition) is 0. The molecule has 0 N–H and O–H groups in total. The molecule has 3 aromatic rings. The molecule has 1 aliphatic rings. The molecule has 3 heterocycles. The molecule has 7 nitrogen and oxygen atoms in total. The van der Waals surface area contributed by atoms with E-state index in [4.69, 9.17) is 4.74 Å². The number of benzene rings is 1. The zero-order valence-corrected chi connectivity index (χ0v) is 16.6. The van der Waals surface area contributed by atoms with Crippen LogP contribution in [0.1, 0.15) is 24.2 Å². The minimum absolute atomic E-state index is 0.0942.